The molecule has 0 radical (unpaired) electrons. The van der Waals surface area contributed by atoms with Gasteiger partial charge in [0.15, 0.2) is 0 Å². The molecule has 1 unspecified atom stereocenters. The molecule has 0 heterocycles. The van der Waals surface area contributed by atoms with Crippen LogP contribution in [0, 0.1) is 0 Å². The molecule has 2 N–H and O–H groups in total. The third kappa shape index (κ3) is 3.21. The van der Waals surface area contributed by atoms with Gasteiger partial charge >= 0.3 is 0 Å². The molecule has 2 aromatic rings. The van der Waals surface area contributed by atoms with Gasteiger partial charge in [-0.3, -0.25) is 0 Å². The zero-order chi connectivity index (χ0) is 13.0. The normalized spacial score (nSPS) is 12.4. The Labute approximate surface area is 117 Å². The van der Waals surface area contributed by atoms with Crippen LogP contribution in [0.3, 0.4) is 0 Å². The molecule has 0 bridgehead atoms. The van der Waals surface area contributed by atoms with E-state index in [4.69, 9.17) is 5.73 Å². The topological polar surface area (TPSA) is 26.0 Å². The van der Waals surface area contributed by atoms with Crippen molar-refractivity contribution in [1.29, 1.82) is 0 Å². The highest BCUT2D eigenvalue weighted by Crippen LogP contribution is 2.24. The van der Waals surface area contributed by atoms with E-state index in [9.17, 15) is 0 Å². The van der Waals surface area contributed by atoms with E-state index in [1.165, 1.54) is 11.1 Å². The summed E-state index contributed by atoms with van der Waals surface area (Å²) in [4.78, 5) is 0. The van der Waals surface area contributed by atoms with Gasteiger partial charge in [-0.25, -0.2) is 0 Å². The minimum absolute atomic E-state index is 0.0352. The first-order valence-corrected chi connectivity index (χ1v) is 7.08. The van der Waals surface area contributed by atoms with Crippen molar-refractivity contribution in [1.82, 2.24) is 0 Å². The molecule has 94 valence electrons. The molecule has 0 aliphatic carbocycles. The molecule has 0 aliphatic heterocycles. The van der Waals surface area contributed by atoms with E-state index in [0.717, 1.165) is 22.9 Å². The van der Waals surface area contributed by atoms with Gasteiger partial charge in [0.05, 0.1) is 0 Å². The Morgan fingerprint density at radius 2 is 1.61 bits per heavy atom. The highest BCUT2D eigenvalue weighted by Gasteiger charge is 2.09. The summed E-state index contributed by atoms with van der Waals surface area (Å²) in [5, 5.41) is 0. The lowest BCUT2D eigenvalue weighted by atomic mass is 9.99. The van der Waals surface area contributed by atoms with Gasteiger partial charge in [-0.15, -0.1) is 0 Å². The number of benzene rings is 2. The van der Waals surface area contributed by atoms with E-state index >= 15 is 0 Å². The van der Waals surface area contributed by atoms with Crippen molar-refractivity contribution in [2.24, 2.45) is 5.73 Å². The summed E-state index contributed by atoms with van der Waals surface area (Å²) in [6, 6.07) is 16.9. The summed E-state index contributed by atoms with van der Waals surface area (Å²) < 4.78 is 1.09. The molecular weight excluding hydrogens is 286 g/mol. The molecule has 2 aromatic carbocycles. The first-order chi connectivity index (χ1) is 8.70. The van der Waals surface area contributed by atoms with Crippen molar-refractivity contribution in [2.45, 2.75) is 25.8 Å². The molecule has 0 aromatic heterocycles. The standard InChI is InChI=1S/C16H18BrN/c1-2-12-7-9-13(10-8-12)11-16(18)14-5-3-4-6-15(14)17/h3-10,16H,2,11,18H2,1H3. The summed E-state index contributed by atoms with van der Waals surface area (Å²) in [5.41, 5.74) is 10.1. The molecule has 0 saturated carbocycles. The third-order valence-corrected chi connectivity index (χ3v) is 3.91. The number of halogens is 1. The highest BCUT2D eigenvalue weighted by molar-refractivity contribution is 9.10. The van der Waals surface area contributed by atoms with E-state index in [-0.39, 0.29) is 6.04 Å². The Morgan fingerprint density at radius 3 is 2.22 bits per heavy atom. The van der Waals surface area contributed by atoms with Crippen LogP contribution in [-0.2, 0) is 12.8 Å². The molecule has 18 heavy (non-hydrogen) atoms. The Kier molecular flexibility index (Phi) is 4.56. The second-order valence-corrected chi connectivity index (χ2v) is 5.36. The molecule has 2 rings (SSSR count). The molecule has 0 fully saturated rings. The van der Waals surface area contributed by atoms with Crippen molar-refractivity contribution < 1.29 is 0 Å². The number of hydrogen-bond acceptors (Lipinski definition) is 1. The SMILES string of the molecule is CCc1ccc(CC(N)c2ccccc2Br)cc1. The van der Waals surface area contributed by atoms with Gasteiger partial charge in [0.25, 0.3) is 0 Å². The molecule has 1 atom stereocenters. The molecular formula is C16H18BrN. The summed E-state index contributed by atoms with van der Waals surface area (Å²) in [5.74, 6) is 0. The van der Waals surface area contributed by atoms with E-state index in [0.29, 0.717) is 0 Å². The summed E-state index contributed by atoms with van der Waals surface area (Å²) in [7, 11) is 0. The Hall–Kier alpha value is -1.12. The van der Waals surface area contributed by atoms with Gasteiger partial charge in [-0.05, 0) is 35.6 Å². The first-order valence-electron chi connectivity index (χ1n) is 6.28. The Bertz CT molecular complexity index is 505. The van der Waals surface area contributed by atoms with Crippen LogP contribution in [0.25, 0.3) is 0 Å². The smallest absolute Gasteiger partial charge is 0.0347 e. The largest absolute Gasteiger partial charge is 0.324 e. The lowest BCUT2D eigenvalue weighted by Crippen LogP contribution is -2.13. The molecule has 0 aliphatic rings. The van der Waals surface area contributed by atoms with Gasteiger partial charge in [0.2, 0.25) is 0 Å². The lowest BCUT2D eigenvalue weighted by Gasteiger charge is -2.14. The minimum Gasteiger partial charge on any atom is -0.324 e. The van der Waals surface area contributed by atoms with Crippen LogP contribution >= 0.6 is 15.9 Å². The van der Waals surface area contributed by atoms with Crippen LogP contribution in [-0.4, -0.2) is 0 Å². The predicted molar refractivity (Wildman–Crippen MR) is 80.6 cm³/mol. The lowest BCUT2D eigenvalue weighted by molar-refractivity contribution is 0.718. The van der Waals surface area contributed by atoms with Crippen LogP contribution in [0.2, 0.25) is 0 Å². The van der Waals surface area contributed by atoms with E-state index < -0.39 is 0 Å². The molecule has 0 amide bonds. The van der Waals surface area contributed by atoms with Crippen molar-refractivity contribution in [3.8, 4) is 0 Å². The zero-order valence-corrected chi connectivity index (χ0v) is 12.2. The van der Waals surface area contributed by atoms with Crippen LogP contribution in [0.15, 0.2) is 53.0 Å². The quantitative estimate of drug-likeness (QED) is 0.897. The van der Waals surface area contributed by atoms with Gasteiger partial charge in [0.1, 0.15) is 0 Å². The van der Waals surface area contributed by atoms with Crippen LogP contribution in [0.5, 0.6) is 0 Å². The molecule has 0 saturated heterocycles. The number of hydrogen-bond donors (Lipinski definition) is 1. The van der Waals surface area contributed by atoms with E-state index in [1.54, 1.807) is 0 Å². The zero-order valence-electron chi connectivity index (χ0n) is 10.6. The first kappa shape index (κ1) is 13.3. The predicted octanol–water partition coefficient (Wildman–Crippen LogP) is 4.25. The highest BCUT2D eigenvalue weighted by atomic mass is 79.9. The third-order valence-electron chi connectivity index (χ3n) is 3.19. The summed E-state index contributed by atoms with van der Waals surface area (Å²) >= 11 is 3.55. The Morgan fingerprint density at radius 1 is 1.00 bits per heavy atom. The summed E-state index contributed by atoms with van der Waals surface area (Å²) in [6.45, 7) is 2.17. The van der Waals surface area contributed by atoms with Crippen molar-refractivity contribution in [3.63, 3.8) is 0 Å². The molecule has 0 spiro atoms. The minimum atomic E-state index is 0.0352. The van der Waals surface area contributed by atoms with E-state index in [1.807, 2.05) is 18.2 Å². The number of aryl methyl sites for hydroxylation is 1. The van der Waals surface area contributed by atoms with Gasteiger partial charge in [-0.1, -0.05) is 65.3 Å². The number of rotatable bonds is 4. The van der Waals surface area contributed by atoms with Gasteiger partial charge in [0, 0.05) is 10.5 Å². The maximum absolute atomic E-state index is 6.27. The second kappa shape index (κ2) is 6.17. The second-order valence-electron chi connectivity index (χ2n) is 4.50. The van der Waals surface area contributed by atoms with Gasteiger partial charge in [-0.2, -0.15) is 0 Å². The monoisotopic (exact) mass is 303 g/mol. The average Bonchev–Trinajstić information content (AvgIpc) is 2.40. The fraction of sp³-hybridized carbons (Fsp3) is 0.250. The molecule has 1 nitrogen and oxygen atoms in total. The maximum atomic E-state index is 6.27. The van der Waals surface area contributed by atoms with Crippen LogP contribution in [0.1, 0.15) is 29.7 Å². The summed E-state index contributed by atoms with van der Waals surface area (Å²) in [6.07, 6.45) is 1.95. The fourth-order valence-electron chi connectivity index (χ4n) is 2.05. The Balaban J connectivity index is 2.11. The van der Waals surface area contributed by atoms with Crippen molar-refractivity contribution in [3.05, 3.63) is 69.7 Å². The number of nitrogens with two attached hydrogens (primary N) is 1. The average molecular weight is 304 g/mol. The fourth-order valence-corrected chi connectivity index (χ4v) is 2.63. The van der Waals surface area contributed by atoms with Crippen molar-refractivity contribution >= 4 is 15.9 Å². The van der Waals surface area contributed by atoms with Crippen molar-refractivity contribution in [2.75, 3.05) is 0 Å². The molecule has 2 heteroatoms. The van der Waals surface area contributed by atoms with Gasteiger partial charge < -0.3 is 5.73 Å². The van der Waals surface area contributed by atoms with Crippen LogP contribution in [0.4, 0.5) is 0 Å². The maximum Gasteiger partial charge on any atom is 0.0347 e. The van der Waals surface area contributed by atoms with E-state index in [2.05, 4.69) is 53.2 Å². The van der Waals surface area contributed by atoms with Crippen LogP contribution < -0.4 is 5.73 Å².